The summed E-state index contributed by atoms with van der Waals surface area (Å²) in [7, 11) is 4.12. The van der Waals surface area contributed by atoms with Crippen molar-refractivity contribution in [3.63, 3.8) is 0 Å². The highest BCUT2D eigenvalue weighted by Gasteiger charge is 2.47. The molecule has 14 heavy (non-hydrogen) atoms. The molecule has 2 aliphatic rings. The van der Waals surface area contributed by atoms with E-state index in [-0.39, 0.29) is 17.5 Å². The Morgan fingerprint density at radius 1 is 1.29 bits per heavy atom. The minimum absolute atomic E-state index is 0.241. The van der Waals surface area contributed by atoms with Gasteiger partial charge in [-0.25, -0.2) is 0 Å². The van der Waals surface area contributed by atoms with Gasteiger partial charge in [0.25, 0.3) is 0 Å². The summed E-state index contributed by atoms with van der Waals surface area (Å²) in [6.07, 6.45) is 7.38. The van der Waals surface area contributed by atoms with E-state index in [9.17, 15) is 4.79 Å². The van der Waals surface area contributed by atoms with Crippen LogP contribution < -0.4 is 5.32 Å². The van der Waals surface area contributed by atoms with Gasteiger partial charge in [-0.2, -0.15) is 0 Å². The van der Waals surface area contributed by atoms with Crippen molar-refractivity contribution in [3.8, 4) is 0 Å². The second-order valence-corrected chi connectivity index (χ2v) is 5.03. The van der Waals surface area contributed by atoms with Crippen LogP contribution in [0, 0.1) is 5.41 Å². The lowest BCUT2D eigenvalue weighted by atomic mass is 9.71. The second kappa shape index (κ2) is 3.54. The summed E-state index contributed by atoms with van der Waals surface area (Å²) in [4.78, 5) is 13.7. The standard InChI is InChI=1S/C11H20N2O/c1-13(2)10-11(8-9(14)12-10)6-4-3-5-7-11/h10H,3-8H2,1-2H3,(H,12,14). The van der Waals surface area contributed by atoms with E-state index < -0.39 is 0 Å². The molecule has 2 fully saturated rings. The van der Waals surface area contributed by atoms with E-state index in [1.165, 1.54) is 32.1 Å². The maximum absolute atomic E-state index is 11.5. The van der Waals surface area contributed by atoms with Crippen LogP contribution in [0.2, 0.25) is 0 Å². The van der Waals surface area contributed by atoms with Crippen molar-refractivity contribution >= 4 is 5.91 Å². The van der Waals surface area contributed by atoms with Crippen molar-refractivity contribution in [3.05, 3.63) is 0 Å². The first-order chi connectivity index (χ1) is 6.64. The predicted molar refractivity (Wildman–Crippen MR) is 55.8 cm³/mol. The van der Waals surface area contributed by atoms with Crippen molar-refractivity contribution in [1.29, 1.82) is 0 Å². The van der Waals surface area contributed by atoms with Gasteiger partial charge in [0.05, 0.1) is 6.17 Å². The number of hydrogen-bond donors (Lipinski definition) is 1. The van der Waals surface area contributed by atoms with Gasteiger partial charge in [-0.05, 0) is 26.9 Å². The molecular weight excluding hydrogens is 176 g/mol. The average Bonchev–Trinajstić information content (AvgIpc) is 2.44. The Balaban J connectivity index is 2.17. The number of nitrogens with one attached hydrogen (secondary N) is 1. The highest BCUT2D eigenvalue weighted by Crippen LogP contribution is 2.45. The third-order valence-electron chi connectivity index (χ3n) is 3.76. The average molecular weight is 196 g/mol. The minimum Gasteiger partial charge on any atom is -0.340 e. The number of carbonyl (C=O) groups excluding carboxylic acids is 1. The van der Waals surface area contributed by atoms with Gasteiger partial charge in [-0.3, -0.25) is 9.69 Å². The van der Waals surface area contributed by atoms with Crippen LogP contribution in [0.1, 0.15) is 38.5 Å². The molecule has 0 radical (unpaired) electrons. The molecule has 1 heterocycles. The van der Waals surface area contributed by atoms with E-state index in [0.717, 1.165) is 6.42 Å². The first-order valence-electron chi connectivity index (χ1n) is 5.60. The smallest absolute Gasteiger partial charge is 0.221 e. The molecule has 1 N–H and O–H groups in total. The molecule has 0 aromatic carbocycles. The van der Waals surface area contributed by atoms with Crippen molar-refractivity contribution in [1.82, 2.24) is 10.2 Å². The molecule has 1 spiro atoms. The summed E-state index contributed by atoms with van der Waals surface area (Å²) in [5.74, 6) is 0.241. The van der Waals surface area contributed by atoms with E-state index in [4.69, 9.17) is 0 Å². The molecular formula is C11H20N2O. The largest absolute Gasteiger partial charge is 0.340 e. The number of nitrogens with zero attached hydrogens (tertiary/aromatic N) is 1. The lowest BCUT2D eigenvalue weighted by molar-refractivity contribution is -0.120. The highest BCUT2D eigenvalue weighted by molar-refractivity contribution is 5.79. The second-order valence-electron chi connectivity index (χ2n) is 5.03. The molecule has 2 rings (SSSR count). The molecule has 1 atom stereocenters. The molecule has 3 heteroatoms. The van der Waals surface area contributed by atoms with Crippen LogP contribution in [-0.4, -0.2) is 31.1 Å². The van der Waals surface area contributed by atoms with Gasteiger partial charge in [-0.15, -0.1) is 0 Å². The first-order valence-corrected chi connectivity index (χ1v) is 5.60. The zero-order valence-electron chi connectivity index (χ0n) is 9.18. The van der Waals surface area contributed by atoms with Crippen LogP contribution in [0.4, 0.5) is 0 Å². The number of amides is 1. The molecule has 0 aromatic rings. The molecule has 1 saturated carbocycles. The Kier molecular flexibility index (Phi) is 2.52. The van der Waals surface area contributed by atoms with E-state index in [1.54, 1.807) is 0 Å². The first kappa shape index (κ1) is 9.97. The predicted octanol–water partition coefficient (Wildman–Crippen LogP) is 1.34. The Labute approximate surface area is 85.8 Å². The molecule has 1 amide bonds. The van der Waals surface area contributed by atoms with Crippen molar-refractivity contribution in [2.45, 2.75) is 44.7 Å². The number of hydrogen-bond acceptors (Lipinski definition) is 2. The Morgan fingerprint density at radius 3 is 2.50 bits per heavy atom. The molecule has 3 nitrogen and oxygen atoms in total. The molecule has 1 unspecified atom stereocenters. The molecule has 0 bridgehead atoms. The minimum atomic E-state index is 0.241. The van der Waals surface area contributed by atoms with Gasteiger partial charge in [0.2, 0.25) is 5.91 Å². The number of carbonyl (C=O) groups is 1. The normalized spacial score (nSPS) is 31.1. The maximum Gasteiger partial charge on any atom is 0.221 e. The Bertz CT molecular complexity index is 231. The van der Waals surface area contributed by atoms with Crippen LogP contribution in [0.15, 0.2) is 0 Å². The molecule has 1 aliphatic carbocycles. The van der Waals surface area contributed by atoms with E-state index >= 15 is 0 Å². The van der Waals surface area contributed by atoms with Crippen molar-refractivity contribution in [2.75, 3.05) is 14.1 Å². The quantitative estimate of drug-likeness (QED) is 0.686. The van der Waals surface area contributed by atoms with E-state index in [1.807, 2.05) is 0 Å². The summed E-state index contributed by atoms with van der Waals surface area (Å²) in [6.45, 7) is 0. The van der Waals surface area contributed by atoms with Gasteiger partial charge in [0.1, 0.15) is 0 Å². The Morgan fingerprint density at radius 2 is 1.93 bits per heavy atom. The van der Waals surface area contributed by atoms with Gasteiger partial charge in [-0.1, -0.05) is 19.3 Å². The van der Waals surface area contributed by atoms with Crippen LogP contribution in [0.3, 0.4) is 0 Å². The molecule has 80 valence electrons. The van der Waals surface area contributed by atoms with Gasteiger partial charge in [0.15, 0.2) is 0 Å². The van der Waals surface area contributed by atoms with Crippen LogP contribution >= 0.6 is 0 Å². The third kappa shape index (κ3) is 1.54. The Hall–Kier alpha value is -0.570. The van der Waals surface area contributed by atoms with Gasteiger partial charge >= 0.3 is 0 Å². The van der Waals surface area contributed by atoms with Crippen LogP contribution in [0.25, 0.3) is 0 Å². The van der Waals surface area contributed by atoms with Crippen LogP contribution in [0.5, 0.6) is 0 Å². The third-order valence-corrected chi connectivity index (χ3v) is 3.76. The summed E-state index contributed by atoms with van der Waals surface area (Å²) in [5.41, 5.74) is 0.249. The topological polar surface area (TPSA) is 32.3 Å². The fourth-order valence-corrected chi connectivity index (χ4v) is 3.16. The highest BCUT2D eigenvalue weighted by atomic mass is 16.2. The number of rotatable bonds is 1. The van der Waals surface area contributed by atoms with E-state index in [2.05, 4.69) is 24.3 Å². The lowest BCUT2D eigenvalue weighted by Gasteiger charge is -2.40. The molecule has 0 aromatic heterocycles. The zero-order valence-corrected chi connectivity index (χ0v) is 9.18. The fraction of sp³-hybridized carbons (Fsp3) is 0.909. The van der Waals surface area contributed by atoms with Gasteiger partial charge in [0, 0.05) is 11.8 Å². The summed E-state index contributed by atoms with van der Waals surface area (Å²) in [6, 6.07) is 0. The molecule has 1 saturated heterocycles. The fourth-order valence-electron chi connectivity index (χ4n) is 3.16. The lowest BCUT2D eigenvalue weighted by Crippen LogP contribution is -2.48. The van der Waals surface area contributed by atoms with Gasteiger partial charge < -0.3 is 5.32 Å². The SMILES string of the molecule is CN(C)C1NC(=O)CC12CCCCC2. The summed E-state index contributed by atoms with van der Waals surface area (Å²) < 4.78 is 0. The van der Waals surface area contributed by atoms with Crippen LogP contribution in [-0.2, 0) is 4.79 Å². The monoisotopic (exact) mass is 196 g/mol. The maximum atomic E-state index is 11.5. The van der Waals surface area contributed by atoms with E-state index in [0.29, 0.717) is 0 Å². The van der Waals surface area contributed by atoms with Crippen molar-refractivity contribution in [2.24, 2.45) is 5.41 Å². The molecule has 1 aliphatic heterocycles. The van der Waals surface area contributed by atoms with Crippen molar-refractivity contribution < 1.29 is 4.79 Å². The zero-order chi connectivity index (χ0) is 10.2. The summed E-state index contributed by atoms with van der Waals surface area (Å²) in [5, 5.41) is 3.10. The summed E-state index contributed by atoms with van der Waals surface area (Å²) >= 11 is 0.